The summed E-state index contributed by atoms with van der Waals surface area (Å²) in [6.45, 7) is 5.59. The van der Waals surface area contributed by atoms with E-state index in [1.165, 1.54) is 6.07 Å². The van der Waals surface area contributed by atoms with E-state index in [1.807, 2.05) is 31.8 Å². The molecule has 2 atom stereocenters. The molecule has 5 nitrogen and oxygen atoms in total. The number of anilines is 1. The van der Waals surface area contributed by atoms with Crippen molar-refractivity contribution in [1.29, 1.82) is 0 Å². The minimum atomic E-state index is -0.183. The Bertz CT molecular complexity index is 682. The Hall–Kier alpha value is -1.92. The minimum Gasteiger partial charge on any atom is -0.370 e. The van der Waals surface area contributed by atoms with Crippen molar-refractivity contribution in [2.75, 3.05) is 39.0 Å². The van der Waals surface area contributed by atoms with Gasteiger partial charge in [-0.1, -0.05) is 12.1 Å². The minimum absolute atomic E-state index is 0.153. The van der Waals surface area contributed by atoms with Gasteiger partial charge in [-0.2, -0.15) is 5.10 Å². The van der Waals surface area contributed by atoms with Gasteiger partial charge in [0.2, 0.25) is 0 Å². The summed E-state index contributed by atoms with van der Waals surface area (Å²) >= 11 is 0. The third kappa shape index (κ3) is 3.94. The number of fused-ring (bicyclic) bond motifs is 1. The van der Waals surface area contributed by atoms with Crippen LogP contribution >= 0.6 is 0 Å². The van der Waals surface area contributed by atoms with E-state index in [1.54, 1.807) is 12.1 Å². The highest BCUT2D eigenvalue weighted by atomic mass is 19.1. The SMILES string of the molecule is Cc1cc2n(n1)C[C@H](CNC[C@H](c1cccc(F)c1)N(C)C)CN2. The smallest absolute Gasteiger partial charge is 0.124 e. The molecule has 2 N–H and O–H groups in total. The summed E-state index contributed by atoms with van der Waals surface area (Å²) in [5.41, 5.74) is 2.05. The largest absolute Gasteiger partial charge is 0.370 e. The first-order valence-corrected chi connectivity index (χ1v) is 8.44. The monoisotopic (exact) mass is 331 g/mol. The lowest BCUT2D eigenvalue weighted by molar-refractivity contribution is 0.279. The Kier molecular flexibility index (Phi) is 5.16. The molecule has 0 saturated carbocycles. The molecule has 1 aromatic heterocycles. The van der Waals surface area contributed by atoms with Crippen LogP contribution in [0.2, 0.25) is 0 Å². The molecule has 0 saturated heterocycles. The number of aryl methyl sites for hydroxylation is 1. The molecule has 2 aromatic rings. The highest BCUT2D eigenvalue weighted by molar-refractivity contribution is 5.38. The molecular weight excluding hydrogens is 305 g/mol. The second-order valence-corrected chi connectivity index (χ2v) is 6.79. The zero-order chi connectivity index (χ0) is 17.1. The lowest BCUT2D eigenvalue weighted by atomic mass is 10.0. The molecular formula is C18H26FN5. The van der Waals surface area contributed by atoms with E-state index < -0.39 is 0 Å². The van der Waals surface area contributed by atoms with Gasteiger partial charge in [-0.3, -0.25) is 0 Å². The Morgan fingerprint density at radius 1 is 1.42 bits per heavy atom. The van der Waals surface area contributed by atoms with Crippen LogP contribution in [-0.2, 0) is 6.54 Å². The van der Waals surface area contributed by atoms with Crippen molar-refractivity contribution in [3.63, 3.8) is 0 Å². The van der Waals surface area contributed by atoms with E-state index in [-0.39, 0.29) is 11.9 Å². The molecule has 0 spiro atoms. The summed E-state index contributed by atoms with van der Waals surface area (Å²) in [7, 11) is 4.05. The lowest BCUT2D eigenvalue weighted by Crippen LogP contribution is -2.38. The number of halogens is 1. The molecule has 3 rings (SSSR count). The quantitative estimate of drug-likeness (QED) is 0.852. The van der Waals surface area contributed by atoms with E-state index in [9.17, 15) is 4.39 Å². The third-order valence-electron chi connectivity index (χ3n) is 4.53. The fraction of sp³-hybridized carbons (Fsp3) is 0.500. The maximum atomic E-state index is 13.5. The standard InChI is InChI=1S/C18H26FN5/c1-13-7-18-21-10-14(12-24(18)22-13)9-20-11-17(23(2)3)15-5-4-6-16(19)8-15/h4-8,14,17,20-21H,9-12H2,1-3H3/t14-,17-/m1/s1. The molecule has 0 amide bonds. The van der Waals surface area contributed by atoms with Crippen LogP contribution in [0.5, 0.6) is 0 Å². The van der Waals surface area contributed by atoms with Crippen LogP contribution in [-0.4, -0.2) is 48.4 Å². The van der Waals surface area contributed by atoms with Crippen LogP contribution in [0.1, 0.15) is 17.3 Å². The lowest BCUT2D eigenvalue weighted by Gasteiger charge is -2.28. The van der Waals surface area contributed by atoms with E-state index in [4.69, 9.17) is 0 Å². The molecule has 1 aliphatic heterocycles. The van der Waals surface area contributed by atoms with Crippen molar-refractivity contribution in [2.24, 2.45) is 5.92 Å². The Morgan fingerprint density at radius 3 is 3.00 bits per heavy atom. The number of rotatable bonds is 6. The van der Waals surface area contributed by atoms with Crippen LogP contribution in [0.25, 0.3) is 0 Å². The number of benzene rings is 1. The van der Waals surface area contributed by atoms with E-state index in [0.29, 0.717) is 5.92 Å². The summed E-state index contributed by atoms with van der Waals surface area (Å²) in [6.07, 6.45) is 0. The molecule has 0 radical (unpaired) electrons. The van der Waals surface area contributed by atoms with E-state index in [0.717, 1.165) is 43.3 Å². The maximum Gasteiger partial charge on any atom is 0.124 e. The van der Waals surface area contributed by atoms with Gasteiger partial charge in [0.05, 0.1) is 5.69 Å². The molecule has 0 aliphatic carbocycles. The van der Waals surface area contributed by atoms with Crippen molar-refractivity contribution in [1.82, 2.24) is 20.0 Å². The highest BCUT2D eigenvalue weighted by Gasteiger charge is 2.20. The number of hydrogen-bond donors (Lipinski definition) is 2. The first-order chi connectivity index (χ1) is 11.5. The maximum absolute atomic E-state index is 13.5. The van der Waals surface area contributed by atoms with Gasteiger partial charge in [0, 0.05) is 44.2 Å². The van der Waals surface area contributed by atoms with Gasteiger partial charge in [0.15, 0.2) is 0 Å². The van der Waals surface area contributed by atoms with Crippen LogP contribution in [0.4, 0.5) is 10.2 Å². The van der Waals surface area contributed by atoms with Crippen molar-refractivity contribution in [2.45, 2.75) is 19.5 Å². The van der Waals surface area contributed by atoms with Crippen LogP contribution in [0, 0.1) is 18.7 Å². The fourth-order valence-corrected chi connectivity index (χ4v) is 3.26. The van der Waals surface area contributed by atoms with Crippen LogP contribution in [0.15, 0.2) is 30.3 Å². The zero-order valence-electron chi connectivity index (χ0n) is 14.6. The van der Waals surface area contributed by atoms with Gasteiger partial charge >= 0.3 is 0 Å². The van der Waals surface area contributed by atoms with Crippen LogP contribution in [0.3, 0.4) is 0 Å². The number of hydrogen-bond acceptors (Lipinski definition) is 4. The van der Waals surface area contributed by atoms with Crippen molar-refractivity contribution in [3.05, 3.63) is 47.4 Å². The van der Waals surface area contributed by atoms with E-state index in [2.05, 4.69) is 26.7 Å². The number of nitrogens with zero attached hydrogens (tertiary/aromatic N) is 3. The van der Waals surface area contributed by atoms with Gasteiger partial charge < -0.3 is 15.5 Å². The summed E-state index contributed by atoms with van der Waals surface area (Å²) in [4.78, 5) is 2.12. The van der Waals surface area contributed by atoms with Gasteiger partial charge in [-0.05, 0) is 38.7 Å². The van der Waals surface area contributed by atoms with Gasteiger partial charge in [0.1, 0.15) is 11.6 Å². The zero-order valence-corrected chi connectivity index (χ0v) is 14.6. The number of nitrogens with one attached hydrogen (secondary N) is 2. The summed E-state index contributed by atoms with van der Waals surface area (Å²) in [5.74, 6) is 1.42. The number of likely N-dealkylation sites (N-methyl/N-ethyl adjacent to an activating group) is 1. The van der Waals surface area contributed by atoms with Gasteiger partial charge in [-0.25, -0.2) is 9.07 Å². The van der Waals surface area contributed by atoms with Crippen molar-refractivity contribution >= 4 is 5.82 Å². The molecule has 2 heterocycles. The van der Waals surface area contributed by atoms with Crippen LogP contribution < -0.4 is 10.6 Å². The Morgan fingerprint density at radius 2 is 2.25 bits per heavy atom. The molecule has 6 heteroatoms. The average molecular weight is 331 g/mol. The highest BCUT2D eigenvalue weighted by Crippen LogP contribution is 2.20. The van der Waals surface area contributed by atoms with E-state index >= 15 is 0 Å². The second kappa shape index (κ2) is 7.32. The van der Waals surface area contributed by atoms with Gasteiger partial charge in [0.25, 0.3) is 0 Å². The molecule has 0 fully saturated rings. The normalized spacial score (nSPS) is 18.3. The van der Waals surface area contributed by atoms with Crippen molar-refractivity contribution in [3.8, 4) is 0 Å². The Balaban J connectivity index is 1.55. The topological polar surface area (TPSA) is 45.1 Å². The predicted octanol–water partition coefficient (Wildman–Crippen LogP) is 2.26. The number of aromatic nitrogens is 2. The molecule has 1 aromatic carbocycles. The molecule has 24 heavy (non-hydrogen) atoms. The van der Waals surface area contributed by atoms with Gasteiger partial charge in [-0.15, -0.1) is 0 Å². The molecule has 0 bridgehead atoms. The first kappa shape index (κ1) is 16.9. The fourth-order valence-electron chi connectivity index (χ4n) is 3.26. The second-order valence-electron chi connectivity index (χ2n) is 6.79. The third-order valence-corrected chi connectivity index (χ3v) is 4.53. The summed E-state index contributed by atoms with van der Waals surface area (Å²) < 4.78 is 15.5. The Labute approximate surface area is 142 Å². The predicted molar refractivity (Wildman–Crippen MR) is 94.6 cm³/mol. The summed E-state index contributed by atoms with van der Waals surface area (Å²) in [5, 5.41) is 11.5. The summed E-state index contributed by atoms with van der Waals surface area (Å²) in [6, 6.07) is 9.09. The molecule has 0 unspecified atom stereocenters. The molecule has 130 valence electrons. The average Bonchev–Trinajstić information content (AvgIpc) is 2.90. The van der Waals surface area contributed by atoms with Crippen molar-refractivity contribution < 1.29 is 4.39 Å². The molecule has 1 aliphatic rings. The first-order valence-electron chi connectivity index (χ1n) is 8.44.